The molecule has 0 spiro atoms. The van der Waals surface area contributed by atoms with E-state index in [-0.39, 0.29) is 11.8 Å². The summed E-state index contributed by atoms with van der Waals surface area (Å²) >= 11 is 0. The molecule has 1 aliphatic heterocycles. The number of hydrogen-bond donors (Lipinski definition) is 0. The van der Waals surface area contributed by atoms with Gasteiger partial charge in [0.15, 0.2) is 0 Å². The second-order valence-electron chi connectivity index (χ2n) is 7.19. The molecule has 1 aliphatic rings. The van der Waals surface area contributed by atoms with Gasteiger partial charge in [0.2, 0.25) is 0 Å². The van der Waals surface area contributed by atoms with Gasteiger partial charge in [0.05, 0.1) is 22.9 Å². The fourth-order valence-electron chi connectivity index (χ4n) is 3.75. The SMILES string of the molecule is CCN(Cc1ccccc1)C1=C(c2ccccc2)C(=O)N(c2ccc(C#N)cc2)C1=O. The molecule has 0 atom stereocenters. The van der Waals surface area contributed by atoms with Gasteiger partial charge < -0.3 is 4.90 Å². The summed E-state index contributed by atoms with van der Waals surface area (Å²) < 4.78 is 0. The van der Waals surface area contributed by atoms with Gasteiger partial charge in [0, 0.05) is 13.1 Å². The number of rotatable bonds is 6. The molecule has 5 nitrogen and oxygen atoms in total. The highest BCUT2D eigenvalue weighted by atomic mass is 16.2. The molecule has 5 heteroatoms. The quantitative estimate of drug-likeness (QED) is 0.570. The highest BCUT2D eigenvalue weighted by Crippen LogP contribution is 2.35. The van der Waals surface area contributed by atoms with Crippen LogP contribution >= 0.6 is 0 Å². The minimum Gasteiger partial charge on any atom is -0.362 e. The van der Waals surface area contributed by atoms with Gasteiger partial charge in [-0.3, -0.25) is 9.59 Å². The first-order valence-corrected chi connectivity index (χ1v) is 10.1. The number of benzene rings is 3. The van der Waals surface area contributed by atoms with Gasteiger partial charge in [0.25, 0.3) is 11.8 Å². The number of hydrogen-bond acceptors (Lipinski definition) is 4. The first-order valence-electron chi connectivity index (χ1n) is 10.1. The van der Waals surface area contributed by atoms with Crippen LogP contribution in [0, 0.1) is 11.3 Å². The predicted molar refractivity (Wildman–Crippen MR) is 120 cm³/mol. The van der Waals surface area contributed by atoms with Crippen LogP contribution in [-0.4, -0.2) is 23.3 Å². The Hall–Kier alpha value is -4.17. The van der Waals surface area contributed by atoms with Crippen molar-refractivity contribution in [3.8, 4) is 6.07 Å². The first kappa shape index (κ1) is 20.1. The van der Waals surface area contributed by atoms with Crippen molar-refractivity contribution >= 4 is 23.1 Å². The van der Waals surface area contributed by atoms with Crippen LogP contribution in [0.5, 0.6) is 0 Å². The van der Waals surface area contributed by atoms with Crippen LogP contribution in [-0.2, 0) is 16.1 Å². The molecule has 0 aromatic heterocycles. The highest BCUT2D eigenvalue weighted by Gasteiger charge is 2.42. The third-order valence-electron chi connectivity index (χ3n) is 5.29. The number of carbonyl (C=O) groups is 2. The first-order chi connectivity index (χ1) is 15.1. The molecule has 0 aliphatic carbocycles. The lowest BCUT2D eigenvalue weighted by molar-refractivity contribution is -0.120. The molecule has 3 aromatic rings. The van der Waals surface area contributed by atoms with Gasteiger partial charge in [-0.1, -0.05) is 60.7 Å². The van der Waals surface area contributed by atoms with Gasteiger partial charge in [-0.25, -0.2) is 4.90 Å². The second kappa shape index (κ2) is 8.68. The third kappa shape index (κ3) is 3.84. The lowest BCUT2D eigenvalue weighted by atomic mass is 10.0. The zero-order valence-electron chi connectivity index (χ0n) is 17.2. The summed E-state index contributed by atoms with van der Waals surface area (Å²) in [6.07, 6.45) is 0. The van der Waals surface area contributed by atoms with Crippen LogP contribution in [0.3, 0.4) is 0 Å². The second-order valence-corrected chi connectivity index (χ2v) is 7.19. The van der Waals surface area contributed by atoms with E-state index in [0.717, 1.165) is 5.56 Å². The number of imide groups is 1. The van der Waals surface area contributed by atoms with E-state index in [9.17, 15) is 9.59 Å². The summed E-state index contributed by atoms with van der Waals surface area (Å²) in [5.41, 5.74) is 3.48. The van der Waals surface area contributed by atoms with Crippen molar-refractivity contribution in [2.75, 3.05) is 11.4 Å². The monoisotopic (exact) mass is 407 g/mol. The van der Waals surface area contributed by atoms with E-state index in [4.69, 9.17) is 5.26 Å². The summed E-state index contributed by atoms with van der Waals surface area (Å²) in [4.78, 5) is 30.2. The zero-order valence-corrected chi connectivity index (χ0v) is 17.2. The zero-order chi connectivity index (χ0) is 21.8. The lowest BCUT2D eigenvalue weighted by Crippen LogP contribution is -2.35. The fourth-order valence-corrected chi connectivity index (χ4v) is 3.75. The Kier molecular flexibility index (Phi) is 5.63. The van der Waals surface area contributed by atoms with Gasteiger partial charge >= 0.3 is 0 Å². The Morgan fingerprint density at radius 3 is 2.03 bits per heavy atom. The molecular formula is C26H21N3O2. The summed E-state index contributed by atoms with van der Waals surface area (Å²) in [6, 6.07) is 27.7. The van der Waals surface area contributed by atoms with Crippen LogP contribution in [0.4, 0.5) is 5.69 Å². The molecule has 0 radical (unpaired) electrons. The Balaban J connectivity index is 1.80. The predicted octanol–water partition coefficient (Wildman–Crippen LogP) is 4.36. The van der Waals surface area contributed by atoms with Crippen molar-refractivity contribution in [2.45, 2.75) is 13.5 Å². The maximum atomic E-state index is 13.6. The Morgan fingerprint density at radius 2 is 1.45 bits per heavy atom. The maximum absolute atomic E-state index is 13.6. The maximum Gasteiger partial charge on any atom is 0.282 e. The van der Waals surface area contributed by atoms with Gasteiger partial charge in [-0.2, -0.15) is 5.26 Å². The van der Waals surface area contributed by atoms with E-state index in [1.807, 2.05) is 72.5 Å². The molecule has 0 N–H and O–H groups in total. The van der Waals surface area contributed by atoms with Crippen LogP contribution < -0.4 is 4.90 Å². The van der Waals surface area contributed by atoms with E-state index >= 15 is 0 Å². The minimum absolute atomic E-state index is 0.355. The summed E-state index contributed by atoms with van der Waals surface area (Å²) in [6.45, 7) is 3.06. The lowest BCUT2D eigenvalue weighted by Gasteiger charge is -2.25. The van der Waals surface area contributed by atoms with Crippen LogP contribution in [0.25, 0.3) is 5.57 Å². The molecule has 0 saturated heterocycles. The molecule has 3 aromatic carbocycles. The molecular weight excluding hydrogens is 386 g/mol. The number of nitrogens with zero attached hydrogens (tertiary/aromatic N) is 3. The molecule has 1 heterocycles. The highest BCUT2D eigenvalue weighted by molar-refractivity contribution is 6.45. The van der Waals surface area contributed by atoms with E-state index in [2.05, 4.69) is 6.07 Å². The van der Waals surface area contributed by atoms with Crippen molar-refractivity contribution < 1.29 is 9.59 Å². The van der Waals surface area contributed by atoms with Crippen molar-refractivity contribution in [1.29, 1.82) is 5.26 Å². The average molecular weight is 407 g/mol. The summed E-state index contributed by atoms with van der Waals surface area (Å²) in [7, 11) is 0. The molecule has 0 bridgehead atoms. The van der Waals surface area contributed by atoms with E-state index in [0.29, 0.717) is 41.2 Å². The largest absolute Gasteiger partial charge is 0.362 e. The molecule has 0 saturated carbocycles. The third-order valence-corrected chi connectivity index (χ3v) is 5.29. The van der Waals surface area contributed by atoms with Crippen molar-refractivity contribution in [3.05, 3.63) is 107 Å². The van der Waals surface area contributed by atoms with Gasteiger partial charge in [-0.15, -0.1) is 0 Å². The topological polar surface area (TPSA) is 64.4 Å². The van der Waals surface area contributed by atoms with E-state index < -0.39 is 0 Å². The molecule has 0 fully saturated rings. The van der Waals surface area contributed by atoms with Crippen LogP contribution in [0.1, 0.15) is 23.6 Å². The van der Waals surface area contributed by atoms with Crippen LogP contribution in [0.15, 0.2) is 90.6 Å². The molecule has 2 amide bonds. The number of nitriles is 1. The Labute approximate surface area is 181 Å². The summed E-state index contributed by atoms with van der Waals surface area (Å²) in [5, 5.41) is 9.06. The van der Waals surface area contributed by atoms with Crippen LogP contribution in [0.2, 0.25) is 0 Å². The van der Waals surface area contributed by atoms with Crippen molar-refractivity contribution in [2.24, 2.45) is 0 Å². The molecule has 4 rings (SSSR count). The average Bonchev–Trinajstić information content (AvgIpc) is 3.08. The Bertz CT molecular complexity index is 1180. The van der Waals surface area contributed by atoms with E-state index in [1.165, 1.54) is 4.90 Å². The van der Waals surface area contributed by atoms with E-state index in [1.54, 1.807) is 24.3 Å². The van der Waals surface area contributed by atoms with Gasteiger partial charge in [0.1, 0.15) is 5.70 Å². The molecule has 31 heavy (non-hydrogen) atoms. The fraction of sp³-hybridized carbons (Fsp3) is 0.115. The molecule has 0 unspecified atom stereocenters. The van der Waals surface area contributed by atoms with Crippen molar-refractivity contribution in [1.82, 2.24) is 4.90 Å². The summed E-state index contributed by atoms with van der Waals surface area (Å²) in [5.74, 6) is -0.714. The van der Waals surface area contributed by atoms with Crippen molar-refractivity contribution in [3.63, 3.8) is 0 Å². The number of carbonyl (C=O) groups excluding carboxylic acids is 2. The molecule has 152 valence electrons. The minimum atomic E-state index is -0.359. The smallest absolute Gasteiger partial charge is 0.282 e. The number of amides is 2. The number of likely N-dealkylation sites (N-methyl/N-ethyl adjacent to an activating group) is 1. The number of anilines is 1. The normalized spacial score (nSPS) is 13.5. The standard InChI is InChI=1S/C26H21N3O2/c1-2-28(18-20-9-5-3-6-10-20)24-23(21-11-7-4-8-12-21)25(30)29(26(24)31)22-15-13-19(17-27)14-16-22/h3-16H,2,18H2,1H3. The Morgan fingerprint density at radius 1 is 0.839 bits per heavy atom. The van der Waals surface area contributed by atoms with Gasteiger partial charge in [-0.05, 0) is 42.3 Å².